The smallest absolute Gasteiger partial charge is 0.253 e. The number of H-pyrrole nitrogens is 1. The van der Waals surface area contributed by atoms with Gasteiger partial charge in [0.15, 0.2) is 0 Å². The molecule has 2 N–H and O–H groups in total. The van der Waals surface area contributed by atoms with Crippen LogP contribution in [0.4, 0.5) is 4.39 Å². The Balaban J connectivity index is 1.55. The molecular formula is C21H19FN4O. The highest BCUT2D eigenvalue weighted by Gasteiger charge is 2.15. The SMILES string of the molecule is Cc1nc2cc(F)cc(C(=O)NCCc3c[nH]c4ccccc34)c2nc1C. The molecule has 6 heteroatoms. The highest BCUT2D eigenvalue weighted by molar-refractivity contribution is 6.04. The molecule has 0 radical (unpaired) electrons. The molecule has 27 heavy (non-hydrogen) atoms. The van der Waals surface area contributed by atoms with Crippen LogP contribution in [0.3, 0.4) is 0 Å². The number of hydrogen-bond acceptors (Lipinski definition) is 3. The zero-order valence-corrected chi connectivity index (χ0v) is 15.1. The lowest BCUT2D eigenvalue weighted by molar-refractivity contribution is 0.0955. The first-order valence-corrected chi connectivity index (χ1v) is 8.80. The van der Waals surface area contributed by atoms with Gasteiger partial charge in [0, 0.05) is 29.7 Å². The summed E-state index contributed by atoms with van der Waals surface area (Å²) in [6.07, 6.45) is 2.62. The number of amides is 1. The summed E-state index contributed by atoms with van der Waals surface area (Å²) in [5.74, 6) is -0.848. The molecule has 2 aromatic carbocycles. The molecule has 1 amide bonds. The Kier molecular flexibility index (Phi) is 4.32. The summed E-state index contributed by atoms with van der Waals surface area (Å²) >= 11 is 0. The Hall–Kier alpha value is -3.28. The largest absolute Gasteiger partial charge is 0.361 e. The third kappa shape index (κ3) is 3.26. The van der Waals surface area contributed by atoms with Crippen molar-refractivity contribution < 1.29 is 9.18 Å². The number of para-hydroxylation sites is 1. The van der Waals surface area contributed by atoms with E-state index in [1.807, 2.05) is 44.3 Å². The van der Waals surface area contributed by atoms with Crippen LogP contribution in [0.2, 0.25) is 0 Å². The molecule has 0 aliphatic carbocycles. The van der Waals surface area contributed by atoms with Crippen LogP contribution in [-0.4, -0.2) is 27.4 Å². The first-order valence-electron chi connectivity index (χ1n) is 8.80. The average molecular weight is 362 g/mol. The minimum absolute atomic E-state index is 0.208. The minimum Gasteiger partial charge on any atom is -0.361 e. The summed E-state index contributed by atoms with van der Waals surface area (Å²) < 4.78 is 14.0. The Morgan fingerprint density at radius 2 is 1.93 bits per heavy atom. The molecule has 0 saturated heterocycles. The molecule has 0 fully saturated rings. The number of fused-ring (bicyclic) bond motifs is 2. The van der Waals surface area contributed by atoms with Crippen LogP contribution in [0, 0.1) is 19.7 Å². The maximum atomic E-state index is 14.0. The molecule has 4 rings (SSSR count). The van der Waals surface area contributed by atoms with Gasteiger partial charge in [-0.3, -0.25) is 4.79 Å². The number of aromatic nitrogens is 3. The van der Waals surface area contributed by atoms with Gasteiger partial charge in [-0.15, -0.1) is 0 Å². The van der Waals surface area contributed by atoms with Crippen LogP contribution in [0.15, 0.2) is 42.6 Å². The van der Waals surface area contributed by atoms with Crippen LogP contribution in [0.25, 0.3) is 21.9 Å². The summed E-state index contributed by atoms with van der Waals surface area (Å²) in [6, 6.07) is 10.5. The number of nitrogens with one attached hydrogen (secondary N) is 2. The van der Waals surface area contributed by atoms with Crippen LogP contribution >= 0.6 is 0 Å². The van der Waals surface area contributed by atoms with Crippen molar-refractivity contribution in [2.45, 2.75) is 20.3 Å². The standard InChI is InChI=1S/C21H19FN4O/c1-12-13(2)26-20-17(9-15(22)10-19(20)25-12)21(27)23-8-7-14-11-24-18-6-4-3-5-16(14)18/h3-6,9-11,24H,7-8H2,1-2H3,(H,23,27). The number of aromatic amines is 1. The van der Waals surface area contributed by atoms with E-state index in [4.69, 9.17) is 0 Å². The van der Waals surface area contributed by atoms with Gasteiger partial charge >= 0.3 is 0 Å². The van der Waals surface area contributed by atoms with E-state index >= 15 is 0 Å². The van der Waals surface area contributed by atoms with E-state index in [0.29, 0.717) is 24.0 Å². The van der Waals surface area contributed by atoms with Crippen molar-refractivity contribution in [3.8, 4) is 0 Å². The van der Waals surface area contributed by atoms with Crippen LogP contribution in [0.1, 0.15) is 27.3 Å². The zero-order chi connectivity index (χ0) is 19.0. The van der Waals surface area contributed by atoms with E-state index in [9.17, 15) is 9.18 Å². The second-order valence-electron chi connectivity index (χ2n) is 6.58. The molecule has 0 unspecified atom stereocenters. The Bertz CT molecular complexity index is 1170. The monoisotopic (exact) mass is 362 g/mol. The van der Waals surface area contributed by atoms with Crippen molar-refractivity contribution in [1.82, 2.24) is 20.3 Å². The summed E-state index contributed by atoms with van der Waals surface area (Å²) in [6.45, 7) is 4.08. The number of halogens is 1. The van der Waals surface area contributed by atoms with Gasteiger partial charge < -0.3 is 10.3 Å². The van der Waals surface area contributed by atoms with E-state index in [0.717, 1.165) is 27.9 Å². The van der Waals surface area contributed by atoms with Crippen LogP contribution in [0.5, 0.6) is 0 Å². The number of aryl methyl sites for hydroxylation is 2. The first-order chi connectivity index (χ1) is 13.0. The fourth-order valence-corrected chi connectivity index (χ4v) is 3.22. The van der Waals surface area contributed by atoms with Gasteiger partial charge in [0.2, 0.25) is 0 Å². The summed E-state index contributed by atoms with van der Waals surface area (Å²) in [4.78, 5) is 24.7. The van der Waals surface area contributed by atoms with E-state index in [-0.39, 0.29) is 11.5 Å². The third-order valence-electron chi connectivity index (χ3n) is 4.75. The second-order valence-corrected chi connectivity index (χ2v) is 6.58. The molecule has 2 aromatic heterocycles. The maximum Gasteiger partial charge on any atom is 0.253 e. The normalized spacial score (nSPS) is 11.2. The lowest BCUT2D eigenvalue weighted by atomic mass is 10.1. The molecular weight excluding hydrogens is 343 g/mol. The van der Waals surface area contributed by atoms with Crippen molar-refractivity contribution >= 4 is 27.8 Å². The van der Waals surface area contributed by atoms with Gasteiger partial charge in [-0.1, -0.05) is 18.2 Å². The van der Waals surface area contributed by atoms with Gasteiger partial charge in [-0.05, 0) is 38.0 Å². The molecule has 0 atom stereocenters. The number of carbonyl (C=O) groups is 1. The molecule has 2 heterocycles. The van der Waals surface area contributed by atoms with Gasteiger partial charge in [-0.25, -0.2) is 14.4 Å². The van der Waals surface area contributed by atoms with Gasteiger partial charge in [-0.2, -0.15) is 0 Å². The van der Waals surface area contributed by atoms with E-state index < -0.39 is 5.82 Å². The highest BCUT2D eigenvalue weighted by atomic mass is 19.1. The van der Waals surface area contributed by atoms with E-state index in [2.05, 4.69) is 20.3 Å². The van der Waals surface area contributed by atoms with Gasteiger partial charge in [0.25, 0.3) is 5.91 Å². The van der Waals surface area contributed by atoms with Crippen molar-refractivity contribution in [2.75, 3.05) is 6.54 Å². The lowest BCUT2D eigenvalue weighted by Crippen LogP contribution is -2.26. The summed E-state index contributed by atoms with van der Waals surface area (Å²) in [7, 11) is 0. The Labute approximate surface area is 155 Å². The lowest BCUT2D eigenvalue weighted by Gasteiger charge is -2.09. The fraction of sp³-hybridized carbons (Fsp3) is 0.190. The molecule has 4 aromatic rings. The highest BCUT2D eigenvalue weighted by Crippen LogP contribution is 2.20. The van der Waals surface area contributed by atoms with Gasteiger partial charge in [0.1, 0.15) is 11.3 Å². The second kappa shape index (κ2) is 6.79. The van der Waals surface area contributed by atoms with Crippen molar-refractivity contribution in [3.63, 3.8) is 0 Å². The topological polar surface area (TPSA) is 70.7 Å². The summed E-state index contributed by atoms with van der Waals surface area (Å²) in [5.41, 5.74) is 4.65. The van der Waals surface area contributed by atoms with Crippen LogP contribution in [-0.2, 0) is 6.42 Å². The average Bonchev–Trinajstić information content (AvgIpc) is 3.06. The van der Waals surface area contributed by atoms with Crippen LogP contribution < -0.4 is 5.32 Å². The third-order valence-corrected chi connectivity index (χ3v) is 4.75. The molecule has 136 valence electrons. The first kappa shape index (κ1) is 17.1. The predicted molar refractivity (Wildman–Crippen MR) is 103 cm³/mol. The molecule has 0 saturated carbocycles. The Morgan fingerprint density at radius 3 is 2.78 bits per heavy atom. The predicted octanol–water partition coefficient (Wildman–Crippen LogP) is 3.84. The Morgan fingerprint density at radius 1 is 1.15 bits per heavy atom. The fourth-order valence-electron chi connectivity index (χ4n) is 3.22. The molecule has 0 aliphatic heterocycles. The minimum atomic E-state index is -0.498. The number of carbonyl (C=O) groups excluding carboxylic acids is 1. The van der Waals surface area contributed by atoms with Gasteiger partial charge in [0.05, 0.1) is 22.5 Å². The molecule has 5 nitrogen and oxygen atoms in total. The number of benzene rings is 2. The number of rotatable bonds is 4. The van der Waals surface area contributed by atoms with E-state index in [1.165, 1.54) is 12.1 Å². The van der Waals surface area contributed by atoms with E-state index in [1.54, 1.807) is 0 Å². The quantitative estimate of drug-likeness (QED) is 0.579. The number of hydrogen-bond donors (Lipinski definition) is 2. The molecule has 0 bridgehead atoms. The number of nitrogens with zero attached hydrogens (tertiary/aromatic N) is 2. The molecule has 0 aliphatic rings. The van der Waals surface area contributed by atoms with Crippen molar-refractivity contribution in [1.29, 1.82) is 0 Å². The van der Waals surface area contributed by atoms with Crippen molar-refractivity contribution in [3.05, 3.63) is 70.9 Å². The van der Waals surface area contributed by atoms with Crippen molar-refractivity contribution in [2.24, 2.45) is 0 Å². The molecule has 0 spiro atoms. The zero-order valence-electron chi connectivity index (χ0n) is 15.1. The maximum absolute atomic E-state index is 14.0. The summed E-state index contributed by atoms with van der Waals surface area (Å²) in [5, 5.41) is 4.01.